The molecule has 0 spiro atoms. The third kappa shape index (κ3) is 3.74. The molecule has 4 nitrogen and oxygen atoms in total. The van der Waals surface area contributed by atoms with Gasteiger partial charge in [0.25, 0.3) is 0 Å². The number of hydrogen-bond acceptors (Lipinski definition) is 3. The fourth-order valence-electron chi connectivity index (χ4n) is 1.47. The Kier molecular flexibility index (Phi) is 4.45. The van der Waals surface area contributed by atoms with Crippen LogP contribution in [0.15, 0.2) is 0 Å². The molecular formula is C10H18N2O2S. The van der Waals surface area contributed by atoms with Crippen molar-refractivity contribution >= 4 is 23.6 Å². The number of nitrogens with zero attached hydrogens (tertiary/aromatic N) is 2. The summed E-state index contributed by atoms with van der Waals surface area (Å²) >= 11 is 1.56. The van der Waals surface area contributed by atoms with Gasteiger partial charge in [0.15, 0.2) is 0 Å². The van der Waals surface area contributed by atoms with Crippen LogP contribution in [0.2, 0.25) is 0 Å². The number of carbonyl (C=O) groups excluding carboxylic acids is 2. The van der Waals surface area contributed by atoms with Crippen LogP contribution in [0.4, 0.5) is 0 Å². The van der Waals surface area contributed by atoms with Gasteiger partial charge in [0.1, 0.15) is 6.54 Å². The molecule has 15 heavy (non-hydrogen) atoms. The molecule has 0 aliphatic carbocycles. The molecule has 1 heterocycles. The largest absolute Gasteiger partial charge is 0.344 e. The highest BCUT2D eigenvalue weighted by molar-refractivity contribution is 8.00. The van der Waals surface area contributed by atoms with Crippen molar-refractivity contribution in [3.8, 4) is 0 Å². The van der Waals surface area contributed by atoms with E-state index in [1.54, 1.807) is 28.6 Å². The van der Waals surface area contributed by atoms with Crippen molar-refractivity contribution in [1.82, 2.24) is 9.80 Å². The van der Waals surface area contributed by atoms with Crippen LogP contribution in [-0.4, -0.2) is 53.4 Å². The van der Waals surface area contributed by atoms with E-state index in [0.717, 1.165) is 6.54 Å². The second-order valence-corrected chi connectivity index (χ2v) is 5.19. The van der Waals surface area contributed by atoms with E-state index in [-0.39, 0.29) is 18.4 Å². The summed E-state index contributed by atoms with van der Waals surface area (Å²) in [6.45, 7) is 5.12. The molecule has 0 bridgehead atoms. The molecule has 0 aromatic carbocycles. The average molecular weight is 230 g/mol. The summed E-state index contributed by atoms with van der Waals surface area (Å²) in [5, 5.41) is 0. The Hall–Kier alpha value is -0.710. The summed E-state index contributed by atoms with van der Waals surface area (Å²) in [6, 6.07) is 0. The van der Waals surface area contributed by atoms with Crippen molar-refractivity contribution in [3.05, 3.63) is 0 Å². The van der Waals surface area contributed by atoms with Crippen LogP contribution in [0.25, 0.3) is 0 Å². The molecule has 0 unspecified atom stereocenters. The summed E-state index contributed by atoms with van der Waals surface area (Å²) in [6.07, 6.45) is 0. The minimum Gasteiger partial charge on any atom is -0.344 e. The number of rotatable bonds is 4. The van der Waals surface area contributed by atoms with Crippen LogP contribution in [0.1, 0.15) is 13.8 Å². The molecule has 5 heteroatoms. The normalized spacial score (nSPS) is 16.3. The fraction of sp³-hybridized carbons (Fsp3) is 0.800. The lowest BCUT2D eigenvalue weighted by molar-refractivity contribution is -0.137. The Bertz CT molecular complexity index is 256. The third-order valence-corrected chi connectivity index (χ3v) is 3.16. The average Bonchev–Trinajstić information content (AvgIpc) is 2.50. The monoisotopic (exact) mass is 230 g/mol. The van der Waals surface area contributed by atoms with Gasteiger partial charge in [-0.25, -0.2) is 0 Å². The minimum atomic E-state index is 0.0274. The second kappa shape index (κ2) is 5.39. The Morgan fingerprint density at radius 3 is 2.73 bits per heavy atom. The van der Waals surface area contributed by atoms with E-state index in [4.69, 9.17) is 0 Å². The Labute approximate surface area is 95.0 Å². The van der Waals surface area contributed by atoms with Gasteiger partial charge >= 0.3 is 0 Å². The summed E-state index contributed by atoms with van der Waals surface area (Å²) in [5.74, 6) is 1.73. The van der Waals surface area contributed by atoms with Gasteiger partial charge in [0.2, 0.25) is 11.8 Å². The van der Waals surface area contributed by atoms with E-state index in [1.807, 2.05) is 0 Å². The van der Waals surface area contributed by atoms with Crippen molar-refractivity contribution in [2.75, 3.05) is 31.8 Å². The van der Waals surface area contributed by atoms with Crippen molar-refractivity contribution in [3.63, 3.8) is 0 Å². The molecule has 0 saturated carbocycles. The first-order chi connectivity index (χ1) is 7.00. The molecule has 0 N–H and O–H groups in total. The smallest absolute Gasteiger partial charge is 0.241 e. The van der Waals surface area contributed by atoms with E-state index in [1.165, 1.54) is 0 Å². The third-order valence-electron chi connectivity index (χ3n) is 2.22. The highest BCUT2D eigenvalue weighted by Crippen LogP contribution is 2.14. The highest BCUT2D eigenvalue weighted by atomic mass is 32.2. The van der Waals surface area contributed by atoms with Crippen LogP contribution >= 0.6 is 11.8 Å². The molecule has 1 aliphatic heterocycles. The van der Waals surface area contributed by atoms with Gasteiger partial charge in [0.05, 0.1) is 11.6 Å². The van der Waals surface area contributed by atoms with E-state index in [0.29, 0.717) is 17.5 Å². The zero-order chi connectivity index (χ0) is 11.4. The number of carbonyl (C=O) groups is 2. The van der Waals surface area contributed by atoms with Crippen molar-refractivity contribution < 1.29 is 9.59 Å². The maximum absolute atomic E-state index is 11.7. The van der Waals surface area contributed by atoms with E-state index in [9.17, 15) is 9.59 Å². The fourth-order valence-corrected chi connectivity index (χ4v) is 2.38. The van der Waals surface area contributed by atoms with Gasteiger partial charge < -0.3 is 9.80 Å². The molecule has 0 radical (unpaired) electrons. The summed E-state index contributed by atoms with van der Waals surface area (Å²) in [7, 11) is 1.79. The van der Waals surface area contributed by atoms with Crippen molar-refractivity contribution in [2.45, 2.75) is 13.8 Å². The first-order valence-corrected chi connectivity index (χ1v) is 6.25. The molecule has 1 fully saturated rings. The SMILES string of the molecule is CC(C)CN(C)C(=O)CN1CSCC1=O. The number of hydrogen-bond donors (Lipinski definition) is 0. The van der Waals surface area contributed by atoms with E-state index < -0.39 is 0 Å². The lowest BCUT2D eigenvalue weighted by atomic mass is 10.2. The lowest BCUT2D eigenvalue weighted by Crippen LogP contribution is -2.40. The zero-order valence-electron chi connectivity index (χ0n) is 9.52. The van der Waals surface area contributed by atoms with E-state index in [2.05, 4.69) is 13.8 Å². The second-order valence-electron chi connectivity index (χ2n) is 4.24. The Morgan fingerprint density at radius 1 is 1.60 bits per heavy atom. The molecule has 1 saturated heterocycles. The van der Waals surface area contributed by atoms with Gasteiger partial charge in [0, 0.05) is 13.6 Å². The summed E-state index contributed by atoms with van der Waals surface area (Å²) in [4.78, 5) is 26.3. The first kappa shape index (κ1) is 12.4. The van der Waals surface area contributed by atoms with Crippen LogP contribution in [0.3, 0.4) is 0 Å². The molecule has 0 aromatic heterocycles. The Morgan fingerprint density at radius 2 is 2.27 bits per heavy atom. The van der Waals surface area contributed by atoms with Gasteiger partial charge in [-0.1, -0.05) is 13.8 Å². The number of amides is 2. The van der Waals surface area contributed by atoms with Gasteiger partial charge in [-0.15, -0.1) is 11.8 Å². The predicted molar refractivity (Wildman–Crippen MR) is 61.5 cm³/mol. The van der Waals surface area contributed by atoms with Gasteiger partial charge in [-0.3, -0.25) is 9.59 Å². The number of likely N-dealkylation sites (N-methyl/N-ethyl adjacent to an activating group) is 1. The van der Waals surface area contributed by atoms with Gasteiger partial charge in [-0.05, 0) is 5.92 Å². The Balaban J connectivity index is 2.37. The molecule has 0 aromatic rings. The maximum Gasteiger partial charge on any atom is 0.241 e. The van der Waals surface area contributed by atoms with Crippen molar-refractivity contribution in [2.24, 2.45) is 5.92 Å². The minimum absolute atomic E-state index is 0.0274. The summed E-state index contributed by atoms with van der Waals surface area (Å²) in [5.41, 5.74) is 0. The lowest BCUT2D eigenvalue weighted by Gasteiger charge is -2.22. The molecule has 1 rings (SSSR count). The summed E-state index contributed by atoms with van der Waals surface area (Å²) < 4.78 is 0. The van der Waals surface area contributed by atoms with Crippen molar-refractivity contribution in [1.29, 1.82) is 0 Å². The van der Waals surface area contributed by atoms with Crippen LogP contribution in [0, 0.1) is 5.92 Å². The standard InChI is InChI=1S/C10H18N2O2S/c1-8(2)4-11(3)9(13)5-12-7-15-6-10(12)14/h8H,4-7H2,1-3H3. The molecule has 0 atom stereocenters. The number of thioether (sulfide) groups is 1. The molecule has 86 valence electrons. The molecule has 1 aliphatic rings. The predicted octanol–water partition coefficient (Wildman–Crippen LogP) is 0.634. The van der Waals surface area contributed by atoms with Crippen LogP contribution in [-0.2, 0) is 9.59 Å². The quantitative estimate of drug-likeness (QED) is 0.711. The van der Waals surface area contributed by atoms with Crippen LogP contribution in [0.5, 0.6) is 0 Å². The van der Waals surface area contributed by atoms with Gasteiger partial charge in [-0.2, -0.15) is 0 Å². The van der Waals surface area contributed by atoms with Crippen LogP contribution < -0.4 is 0 Å². The molecular weight excluding hydrogens is 212 g/mol. The highest BCUT2D eigenvalue weighted by Gasteiger charge is 2.24. The topological polar surface area (TPSA) is 40.6 Å². The molecule has 2 amide bonds. The zero-order valence-corrected chi connectivity index (χ0v) is 10.3. The van der Waals surface area contributed by atoms with E-state index >= 15 is 0 Å². The maximum atomic E-state index is 11.7. The first-order valence-electron chi connectivity index (χ1n) is 5.10.